The van der Waals surface area contributed by atoms with Gasteiger partial charge < -0.3 is 19.1 Å². The van der Waals surface area contributed by atoms with E-state index in [1.54, 1.807) is 7.11 Å². The molecule has 1 heterocycles. The molecule has 1 aromatic carbocycles. The number of benzene rings is 1. The van der Waals surface area contributed by atoms with Crippen molar-refractivity contribution in [1.29, 1.82) is 0 Å². The van der Waals surface area contributed by atoms with Gasteiger partial charge in [0, 0.05) is 31.3 Å². The highest BCUT2D eigenvalue weighted by molar-refractivity contribution is 5.92. The van der Waals surface area contributed by atoms with Crippen molar-refractivity contribution in [2.75, 3.05) is 41.7 Å². The van der Waals surface area contributed by atoms with Gasteiger partial charge in [-0.15, -0.1) is 0 Å². The molecule has 0 amide bonds. The Balaban J connectivity index is 2.41. The van der Waals surface area contributed by atoms with E-state index < -0.39 is 6.09 Å². The Morgan fingerprint density at radius 1 is 1.27 bits per heavy atom. The summed E-state index contributed by atoms with van der Waals surface area (Å²) >= 11 is 0. The summed E-state index contributed by atoms with van der Waals surface area (Å²) in [5, 5.41) is 1.03. The van der Waals surface area contributed by atoms with Crippen LogP contribution >= 0.6 is 0 Å². The third-order valence-corrected chi connectivity index (χ3v) is 3.42. The quantitative estimate of drug-likeness (QED) is 0.767. The van der Waals surface area contributed by atoms with E-state index in [9.17, 15) is 4.79 Å². The first-order valence-corrected chi connectivity index (χ1v) is 7.05. The summed E-state index contributed by atoms with van der Waals surface area (Å²) in [6, 6.07) is 5.70. The lowest BCUT2D eigenvalue weighted by Crippen LogP contribution is -2.15. The maximum absolute atomic E-state index is 12.2. The molecule has 0 unspecified atom stereocenters. The number of carbonyl (C=O) groups is 1. The van der Waals surface area contributed by atoms with Crippen molar-refractivity contribution in [1.82, 2.24) is 9.47 Å². The highest BCUT2D eigenvalue weighted by atomic mass is 16.7. The van der Waals surface area contributed by atoms with Gasteiger partial charge in [0.25, 0.3) is 0 Å². The van der Waals surface area contributed by atoms with E-state index in [0.717, 1.165) is 29.4 Å². The molecule has 0 saturated carbocycles. The van der Waals surface area contributed by atoms with Crippen LogP contribution in [0.1, 0.15) is 5.56 Å². The number of carbonyl (C=O) groups excluding carboxylic acids is 1. The first-order chi connectivity index (χ1) is 10.6. The lowest BCUT2D eigenvalue weighted by molar-refractivity contribution is 0.0129. The van der Waals surface area contributed by atoms with Gasteiger partial charge in [-0.3, -0.25) is 4.57 Å². The molecule has 6 heteroatoms. The SMILES string of the molecule is COCOC(=O)n1cc(CCN(C)C)c2ccc(OC)cc21. The predicted molar refractivity (Wildman–Crippen MR) is 84.5 cm³/mol. The third kappa shape index (κ3) is 3.58. The molecule has 2 aromatic rings. The lowest BCUT2D eigenvalue weighted by atomic mass is 10.1. The van der Waals surface area contributed by atoms with Crippen molar-refractivity contribution < 1.29 is 19.0 Å². The van der Waals surface area contributed by atoms with Crippen molar-refractivity contribution in [2.45, 2.75) is 6.42 Å². The number of hydrogen-bond donors (Lipinski definition) is 0. The summed E-state index contributed by atoms with van der Waals surface area (Å²) in [6.45, 7) is 0.827. The number of aromatic nitrogens is 1. The van der Waals surface area contributed by atoms with Crippen LogP contribution in [0.25, 0.3) is 10.9 Å². The molecule has 0 fully saturated rings. The summed E-state index contributed by atoms with van der Waals surface area (Å²) < 4.78 is 16.6. The van der Waals surface area contributed by atoms with E-state index >= 15 is 0 Å². The average molecular weight is 306 g/mol. The minimum atomic E-state index is -0.462. The van der Waals surface area contributed by atoms with Crippen LogP contribution < -0.4 is 4.74 Å². The van der Waals surface area contributed by atoms with E-state index in [1.165, 1.54) is 11.7 Å². The van der Waals surface area contributed by atoms with Crippen LogP contribution in [-0.2, 0) is 15.9 Å². The van der Waals surface area contributed by atoms with Crippen molar-refractivity contribution in [3.8, 4) is 5.75 Å². The van der Waals surface area contributed by atoms with Crippen LogP contribution in [0.3, 0.4) is 0 Å². The fourth-order valence-corrected chi connectivity index (χ4v) is 2.28. The van der Waals surface area contributed by atoms with Crippen LogP contribution in [0.2, 0.25) is 0 Å². The number of rotatable bonds is 6. The topological polar surface area (TPSA) is 52.9 Å². The van der Waals surface area contributed by atoms with Gasteiger partial charge in [-0.05, 0) is 38.2 Å². The van der Waals surface area contributed by atoms with E-state index in [2.05, 4.69) is 4.90 Å². The van der Waals surface area contributed by atoms with E-state index in [4.69, 9.17) is 14.2 Å². The Labute approximate surface area is 130 Å². The van der Waals surface area contributed by atoms with Crippen molar-refractivity contribution in [3.05, 3.63) is 30.0 Å². The Morgan fingerprint density at radius 3 is 2.68 bits per heavy atom. The maximum Gasteiger partial charge on any atom is 0.420 e. The van der Waals surface area contributed by atoms with Gasteiger partial charge in [-0.25, -0.2) is 4.79 Å². The summed E-state index contributed by atoms with van der Waals surface area (Å²) in [5.74, 6) is 0.700. The second kappa shape index (κ2) is 7.29. The van der Waals surface area contributed by atoms with Crippen LogP contribution in [-0.4, -0.2) is 57.2 Å². The largest absolute Gasteiger partial charge is 0.497 e. The molecular weight excluding hydrogens is 284 g/mol. The first kappa shape index (κ1) is 16.3. The van der Waals surface area contributed by atoms with E-state index in [-0.39, 0.29) is 6.79 Å². The van der Waals surface area contributed by atoms with Crippen LogP contribution in [0, 0.1) is 0 Å². The van der Waals surface area contributed by atoms with Gasteiger partial charge in [0.05, 0.1) is 12.6 Å². The molecule has 22 heavy (non-hydrogen) atoms. The van der Waals surface area contributed by atoms with Crippen LogP contribution in [0.4, 0.5) is 4.79 Å². The molecule has 0 saturated heterocycles. The van der Waals surface area contributed by atoms with Crippen LogP contribution in [0.15, 0.2) is 24.4 Å². The number of methoxy groups -OCH3 is 2. The number of fused-ring (bicyclic) bond motifs is 1. The van der Waals surface area contributed by atoms with Gasteiger partial charge in [0.15, 0.2) is 6.79 Å². The molecule has 6 nitrogen and oxygen atoms in total. The van der Waals surface area contributed by atoms with Gasteiger partial charge in [0.2, 0.25) is 0 Å². The summed E-state index contributed by atoms with van der Waals surface area (Å²) in [5.41, 5.74) is 1.87. The Bertz CT molecular complexity index is 649. The van der Waals surface area contributed by atoms with Gasteiger partial charge in [0.1, 0.15) is 5.75 Å². The first-order valence-electron chi connectivity index (χ1n) is 7.05. The smallest absolute Gasteiger partial charge is 0.420 e. The van der Waals surface area contributed by atoms with Crippen molar-refractivity contribution in [3.63, 3.8) is 0 Å². The molecule has 0 aliphatic heterocycles. The maximum atomic E-state index is 12.2. The molecule has 2 rings (SSSR count). The number of ether oxygens (including phenoxy) is 3. The second-order valence-electron chi connectivity index (χ2n) is 5.28. The average Bonchev–Trinajstić information content (AvgIpc) is 2.88. The molecule has 0 aliphatic carbocycles. The number of hydrogen-bond acceptors (Lipinski definition) is 5. The Kier molecular flexibility index (Phi) is 5.41. The van der Waals surface area contributed by atoms with Gasteiger partial charge >= 0.3 is 6.09 Å². The Morgan fingerprint density at radius 2 is 2.05 bits per heavy atom. The van der Waals surface area contributed by atoms with Crippen LogP contribution in [0.5, 0.6) is 5.75 Å². The fourth-order valence-electron chi connectivity index (χ4n) is 2.28. The molecule has 0 bridgehead atoms. The molecule has 0 aliphatic rings. The summed E-state index contributed by atoms with van der Waals surface area (Å²) in [4.78, 5) is 14.3. The molecule has 120 valence electrons. The number of likely N-dealkylation sites (N-methyl/N-ethyl adjacent to an activating group) is 1. The summed E-state index contributed by atoms with van der Waals surface area (Å²) in [6.07, 6.45) is 2.21. The standard InChI is InChI=1S/C16H22N2O4/c1-17(2)8-7-12-10-18(16(19)22-11-20-3)15-9-13(21-4)5-6-14(12)15/h5-6,9-10H,7-8,11H2,1-4H3. The normalized spacial score (nSPS) is 11.1. The van der Waals surface area contributed by atoms with E-state index in [0.29, 0.717) is 5.75 Å². The molecular formula is C16H22N2O4. The highest BCUT2D eigenvalue weighted by Gasteiger charge is 2.15. The third-order valence-electron chi connectivity index (χ3n) is 3.42. The molecule has 0 radical (unpaired) electrons. The number of nitrogens with zero attached hydrogens (tertiary/aromatic N) is 2. The zero-order chi connectivity index (χ0) is 16.1. The molecule has 0 atom stereocenters. The molecule has 0 N–H and O–H groups in total. The van der Waals surface area contributed by atoms with E-state index in [1.807, 2.05) is 38.5 Å². The zero-order valence-corrected chi connectivity index (χ0v) is 13.5. The minimum Gasteiger partial charge on any atom is -0.497 e. The van der Waals surface area contributed by atoms with Crippen molar-refractivity contribution in [2.24, 2.45) is 0 Å². The minimum absolute atomic E-state index is 0.0739. The predicted octanol–water partition coefficient (Wildman–Crippen LogP) is 2.34. The molecule has 0 spiro atoms. The monoisotopic (exact) mass is 306 g/mol. The van der Waals surface area contributed by atoms with Crippen molar-refractivity contribution >= 4 is 17.0 Å². The fraction of sp³-hybridized carbons (Fsp3) is 0.438. The summed E-state index contributed by atoms with van der Waals surface area (Å²) in [7, 11) is 7.13. The van der Waals surface area contributed by atoms with Gasteiger partial charge in [-0.1, -0.05) is 0 Å². The lowest BCUT2D eigenvalue weighted by Gasteiger charge is -2.08. The second-order valence-corrected chi connectivity index (χ2v) is 5.28. The zero-order valence-electron chi connectivity index (χ0n) is 13.5. The van der Waals surface area contributed by atoms with Gasteiger partial charge in [-0.2, -0.15) is 0 Å². The highest BCUT2D eigenvalue weighted by Crippen LogP contribution is 2.26. The molecule has 1 aromatic heterocycles. The Hall–Kier alpha value is -2.05.